The molecule has 0 saturated carbocycles. The maximum absolute atomic E-state index is 11.7. The van der Waals surface area contributed by atoms with Gasteiger partial charge in [0.05, 0.1) is 0 Å². The second-order valence-electron chi connectivity index (χ2n) is 4.52. The number of carbonyl (C=O) groups is 1. The molecule has 0 aromatic rings. The summed E-state index contributed by atoms with van der Waals surface area (Å²) in [5, 5.41) is 9.07. The summed E-state index contributed by atoms with van der Waals surface area (Å²) in [6.45, 7) is 5.68. The Morgan fingerprint density at radius 3 is 2.76 bits per heavy atom. The molecular formula is C14H23NO2. The summed E-state index contributed by atoms with van der Waals surface area (Å²) in [6, 6.07) is 0. The Kier molecular flexibility index (Phi) is 5.98. The molecule has 0 aliphatic carbocycles. The number of amides is 1. The van der Waals surface area contributed by atoms with Gasteiger partial charge < -0.3 is 10.0 Å². The van der Waals surface area contributed by atoms with E-state index < -0.39 is 0 Å². The second kappa shape index (κ2) is 7.28. The molecule has 1 rings (SSSR count). The first-order valence-electron chi connectivity index (χ1n) is 6.45. The number of hydrogen-bond acceptors (Lipinski definition) is 2. The average Bonchev–Trinajstić information content (AvgIpc) is 2.67. The molecule has 0 aromatic heterocycles. The van der Waals surface area contributed by atoms with Crippen LogP contribution in [-0.2, 0) is 4.79 Å². The first-order valence-corrected chi connectivity index (χ1v) is 6.45. The molecule has 96 valence electrons. The molecule has 1 amide bonds. The minimum Gasteiger partial charge on any atom is -0.396 e. The number of allylic oxidation sites excluding steroid dienone is 2. The van der Waals surface area contributed by atoms with E-state index in [9.17, 15) is 4.79 Å². The highest BCUT2D eigenvalue weighted by Crippen LogP contribution is 2.18. The number of aliphatic hydroxyl groups is 1. The summed E-state index contributed by atoms with van der Waals surface area (Å²) in [4.78, 5) is 13.6. The van der Waals surface area contributed by atoms with Gasteiger partial charge in [0.15, 0.2) is 0 Å². The number of carbonyl (C=O) groups excluding carboxylic acids is 1. The van der Waals surface area contributed by atoms with Gasteiger partial charge in [-0.3, -0.25) is 4.79 Å². The molecule has 1 fully saturated rings. The van der Waals surface area contributed by atoms with Crippen molar-refractivity contribution in [2.24, 2.45) is 5.92 Å². The highest BCUT2D eigenvalue weighted by Gasteiger charge is 2.28. The van der Waals surface area contributed by atoms with E-state index in [0.29, 0.717) is 19.5 Å². The van der Waals surface area contributed by atoms with Crippen molar-refractivity contribution >= 4 is 5.91 Å². The Bertz CT molecular complexity index is 307. The topological polar surface area (TPSA) is 40.5 Å². The summed E-state index contributed by atoms with van der Waals surface area (Å²) in [5.74, 6) is 0.288. The quantitative estimate of drug-likeness (QED) is 0.719. The summed E-state index contributed by atoms with van der Waals surface area (Å²) in [6.07, 6.45) is 8.86. The molecule has 1 unspecified atom stereocenters. The zero-order valence-electron chi connectivity index (χ0n) is 10.9. The third kappa shape index (κ3) is 4.35. The van der Waals surface area contributed by atoms with Crippen molar-refractivity contribution in [1.29, 1.82) is 0 Å². The van der Waals surface area contributed by atoms with Crippen molar-refractivity contribution in [3.8, 4) is 0 Å². The molecule has 0 bridgehead atoms. The monoisotopic (exact) mass is 237 g/mol. The van der Waals surface area contributed by atoms with Gasteiger partial charge in [-0.05, 0) is 18.4 Å². The Balaban J connectivity index is 2.59. The molecule has 17 heavy (non-hydrogen) atoms. The molecule has 3 nitrogen and oxygen atoms in total. The molecule has 1 atom stereocenters. The summed E-state index contributed by atoms with van der Waals surface area (Å²) >= 11 is 0. The van der Waals surface area contributed by atoms with Gasteiger partial charge in [0, 0.05) is 32.0 Å². The number of hydrogen-bond donors (Lipinski definition) is 1. The van der Waals surface area contributed by atoms with Gasteiger partial charge in [0.1, 0.15) is 0 Å². The van der Waals surface area contributed by atoms with Crippen LogP contribution in [0.2, 0.25) is 0 Å². The fourth-order valence-corrected chi connectivity index (χ4v) is 2.07. The van der Waals surface area contributed by atoms with Crippen molar-refractivity contribution in [1.82, 2.24) is 4.90 Å². The molecule has 0 spiro atoms. The fraction of sp³-hybridized carbons (Fsp3) is 0.643. The van der Waals surface area contributed by atoms with Gasteiger partial charge in [0.25, 0.3) is 0 Å². The van der Waals surface area contributed by atoms with E-state index in [-0.39, 0.29) is 18.4 Å². The Labute approximate surface area is 104 Å². The van der Waals surface area contributed by atoms with Crippen molar-refractivity contribution in [2.75, 3.05) is 19.7 Å². The van der Waals surface area contributed by atoms with Crippen molar-refractivity contribution in [3.05, 3.63) is 23.8 Å². The van der Waals surface area contributed by atoms with Gasteiger partial charge in [-0.15, -0.1) is 0 Å². The molecule has 1 N–H and O–H groups in total. The fourth-order valence-electron chi connectivity index (χ4n) is 2.07. The van der Waals surface area contributed by atoms with Crippen LogP contribution in [0.1, 0.15) is 33.1 Å². The molecule has 1 saturated heterocycles. The predicted octanol–water partition coefficient (Wildman–Crippen LogP) is 2.13. The van der Waals surface area contributed by atoms with Gasteiger partial charge in [0.2, 0.25) is 5.91 Å². The Morgan fingerprint density at radius 1 is 1.47 bits per heavy atom. The standard InChI is InChI=1S/C14H23NO2/c1-3-5-7-12(6-4-2)9-15-10-13(11-16)8-14(15)17/h5-7,13,16H,3-4,8-11H2,1-2H3/b7-5-,12-6+. The van der Waals surface area contributed by atoms with Gasteiger partial charge >= 0.3 is 0 Å². The van der Waals surface area contributed by atoms with Crippen molar-refractivity contribution in [2.45, 2.75) is 33.1 Å². The third-order valence-corrected chi connectivity index (χ3v) is 2.96. The minimum absolute atomic E-state index is 0.111. The van der Waals surface area contributed by atoms with Gasteiger partial charge in [-0.1, -0.05) is 32.1 Å². The van der Waals surface area contributed by atoms with Crippen LogP contribution in [0.15, 0.2) is 23.8 Å². The number of rotatable bonds is 6. The average molecular weight is 237 g/mol. The summed E-state index contributed by atoms with van der Waals surface area (Å²) < 4.78 is 0. The minimum atomic E-state index is 0.111. The van der Waals surface area contributed by atoms with Crippen LogP contribution in [-0.4, -0.2) is 35.6 Å². The number of aliphatic hydroxyl groups excluding tert-OH is 1. The first-order chi connectivity index (χ1) is 8.21. The highest BCUT2D eigenvalue weighted by molar-refractivity contribution is 5.79. The predicted molar refractivity (Wildman–Crippen MR) is 69.6 cm³/mol. The van der Waals surface area contributed by atoms with E-state index in [4.69, 9.17) is 5.11 Å². The van der Waals surface area contributed by atoms with Crippen LogP contribution in [0.4, 0.5) is 0 Å². The zero-order valence-corrected chi connectivity index (χ0v) is 10.9. The molecule has 0 aromatic carbocycles. The van der Waals surface area contributed by atoms with Gasteiger partial charge in [-0.2, -0.15) is 0 Å². The van der Waals surface area contributed by atoms with Crippen LogP contribution >= 0.6 is 0 Å². The van der Waals surface area contributed by atoms with E-state index in [1.54, 1.807) is 0 Å². The molecule has 0 radical (unpaired) electrons. The smallest absolute Gasteiger partial charge is 0.223 e. The van der Waals surface area contributed by atoms with E-state index in [1.807, 2.05) is 4.90 Å². The van der Waals surface area contributed by atoms with E-state index >= 15 is 0 Å². The summed E-state index contributed by atoms with van der Waals surface area (Å²) in [7, 11) is 0. The van der Waals surface area contributed by atoms with Crippen LogP contribution in [0.5, 0.6) is 0 Å². The summed E-state index contributed by atoms with van der Waals surface area (Å²) in [5.41, 5.74) is 1.20. The molecule has 1 heterocycles. The van der Waals surface area contributed by atoms with Crippen LogP contribution < -0.4 is 0 Å². The van der Waals surface area contributed by atoms with Crippen LogP contribution in [0, 0.1) is 5.92 Å². The van der Waals surface area contributed by atoms with E-state index in [0.717, 1.165) is 12.8 Å². The van der Waals surface area contributed by atoms with Gasteiger partial charge in [-0.25, -0.2) is 0 Å². The van der Waals surface area contributed by atoms with E-state index in [1.165, 1.54) is 5.57 Å². The lowest BCUT2D eigenvalue weighted by molar-refractivity contribution is -0.127. The highest BCUT2D eigenvalue weighted by atomic mass is 16.3. The number of likely N-dealkylation sites (tertiary alicyclic amines) is 1. The second-order valence-corrected chi connectivity index (χ2v) is 4.52. The maximum atomic E-state index is 11.7. The lowest BCUT2D eigenvalue weighted by Gasteiger charge is -2.17. The zero-order chi connectivity index (χ0) is 12.7. The van der Waals surface area contributed by atoms with Crippen molar-refractivity contribution in [3.63, 3.8) is 0 Å². The number of nitrogens with zero attached hydrogens (tertiary/aromatic N) is 1. The van der Waals surface area contributed by atoms with Crippen LogP contribution in [0.3, 0.4) is 0 Å². The maximum Gasteiger partial charge on any atom is 0.223 e. The molecule has 1 aliphatic rings. The Hall–Kier alpha value is -1.09. The lowest BCUT2D eigenvalue weighted by Crippen LogP contribution is -2.27. The SMILES string of the molecule is CC/C=C\C(=C/CC)CN1CC(CO)CC1=O. The van der Waals surface area contributed by atoms with E-state index in [2.05, 4.69) is 32.1 Å². The van der Waals surface area contributed by atoms with Crippen molar-refractivity contribution < 1.29 is 9.90 Å². The molecule has 1 aliphatic heterocycles. The lowest BCUT2D eigenvalue weighted by atomic mass is 10.1. The van der Waals surface area contributed by atoms with Crippen LogP contribution in [0.25, 0.3) is 0 Å². The Morgan fingerprint density at radius 2 is 2.24 bits per heavy atom. The first kappa shape index (κ1) is 14.0. The third-order valence-electron chi connectivity index (χ3n) is 2.96. The largest absolute Gasteiger partial charge is 0.396 e. The molecule has 3 heteroatoms. The molecular weight excluding hydrogens is 214 g/mol. The normalized spacial score (nSPS) is 21.8.